The van der Waals surface area contributed by atoms with Crippen LogP contribution in [0.25, 0.3) is 6.08 Å². The monoisotopic (exact) mass is 338 g/mol. The van der Waals surface area contributed by atoms with E-state index in [9.17, 15) is 10.1 Å². The molecular formula is C16H16Cl2N2O2. The van der Waals surface area contributed by atoms with Crippen LogP contribution in [0.3, 0.4) is 0 Å². The van der Waals surface area contributed by atoms with Crippen LogP contribution >= 0.6 is 23.2 Å². The molecule has 1 saturated heterocycles. The summed E-state index contributed by atoms with van der Waals surface area (Å²) in [4.78, 5) is 14.2. The van der Waals surface area contributed by atoms with Crippen LogP contribution in [0.15, 0.2) is 23.8 Å². The standard InChI is InChI=1S/C16H16Cl2N2O2/c1-10-8-20(9-11(2)22-10)16(21)12(7-19)6-13-14(17)4-3-5-15(13)18/h3-6,10-11H,8-9H2,1-2H3. The molecule has 1 aliphatic rings. The number of nitriles is 1. The Morgan fingerprint density at radius 3 is 2.36 bits per heavy atom. The third-order valence-corrected chi connectivity index (χ3v) is 4.01. The number of hydrogen-bond donors (Lipinski definition) is 0. The van der Waals surface area contributed by atoms with Crippen LogP contribution in [0.4, 0.5) is 0 Å². The number of ether oxygens (including phenoxy) is 1. The highest BCUT2D eigenvalue weighted by Crippen LogP contribution is 2.27. The van der Waals surface area contributed by atoms with Gasteiger partial charge in [-0.1, -0.05) is 29.3 Å². The van der Waals surface area contributed by atoms with Gasteiger partial charge in [0.15, 0.2) is 0 Å². The SMILES string of the molecule is CC1CN(C(=O)C(C#N)=Cc2c(Cl)cccc2Cl)CC(C)O1. The van der Waals surface area contributed by atoms with Crippen molar-refractivity contribution in [3.63, 3.8) is 0 Å². The van der Waals surface area contributed by atoms with Gasteiger partial charge in [0.05, 0.1) is 12.2 Å². The summed E-state index contributed by atoms with van der Waals surface area (Å²) in [5, 5.41) is 10.1. The predicted molar refractivity (Wildman–Crippen MR) is 86.6 cm³/mol. The van der Waals surface area contributed by atoms with Crippen molar-refractivity contribution >= 4 is 35.2 Å². The molecule has 2 rings (SSSR count). The van der Waals surface area contributed by atoms with E-state index in [1.165, 1.54) is 6.08 Å². The van der Waals surface area contributed by atoms with E-state index in [0.717, 1.165) is 0 Å². The second kappa shape index (κ2) is 7.15. The van der Waals surface area contributed by atoms with Gasteiger partial charge in [0, 0.05) is 28.7 Å². The number of hydrogen-bond acceptors (Lipinski definition) is 3. The Kier molecular flexibility index (Phi) is 5.47. The molecule has 1 amide bonds. The molecule has 0 radical (unpaired) electrons. The molecular weight excluding hydrogens is 323 g/mol. The summed E-state index contributed by atoms with van der Waals surface area (Å²) in [5.41, 5.74) is 0.487. The molecule has 4 nitrogen and oxygen atoms in total. The largest absolute Gasteiger partial charge is 0.372 e. The Balaban J connectivity index is 2.30. The van der Waals surface area contributed by atoms with Gasteiger partial charge in [-0.05, 0) is 32.1 Å². The van der Waals surface area contributed by atoms with Gasteiger partial charge in [-0.2, -0.15) is 5.26 Å². The highest BCUT2D eigenvalue weighted by molar-refractivity contribution is 6.37. The minimum absolute atomic E-state index is 0.0105. The minimum Gasteiger partial charge on any atom is -0.372 e. The van der Waals surface area contributed by atoms with Gasteiger partial charge in [0.2, 0.25) is 0 Å². The van der Waals surface area contributed by atoms with Gasteiger partial charge >= 0.3 is 0 Å². The molecule has 1 heterocycles. The fraction of sp³-hybridized carbons (Fsp3) is 0.375. The first kappa shape index (κ1) is 16.8. The quantitative estimate of drug-likeness (QED) is 0.612. The lowest BCUT2D eigenvalue weighted by Crippen LogP contribution is -2.48. The third kappa shape index (κ3) is 3.80. The molecule has 22 heavy (non-hydrogen) atoms. The Morgan fingerprint density at radius 2 is 1.86 bits per heavy atom. The zero-order chi connectivity index (χ0) is 16.3. The minimum atomic E-state index is -0.333. The van der Waals surface area contributed by atoms with Crippen LogP contribution in [0.5, 0.6) is 0 Å². The Morgan fingerprint density at radius 1 is 1.32 bits per heavy atom. The van der Waals surface area contributed by atoms with Crippen LogP contribution in [-0.4, -0.2) is 36.1 Å². The molecule has 2 atom stereocenters. The molecule has 116 valence electrons. The first-order valence-electron chi connectivity index (χ1n) is 6.93. The van der Waals surface area contributed by atoms with E-state index in [1.54, 1.807) is 23.1 Å². The number of carbonyl (C=O) groups is 1. The van der Waals surface area contributed by atoms with Crippen LogP contribution in [0.1, 0.15) is 19.4 Å². The maximum absolute atomic E-state index is 12.5. The summed E-state index contributed by atoms with van der Waals surface area (Å²) < 4.78 is 5.60. The molecule has 1 aromatic rings. The predicted octanol–water partition coefficient (Wildman–Crippen LogP) is 3.54. The van der Waals surface area contributed by atoms with Crippen molar-refractivity contribution in [3.05, 3.63) is 39.4 Å². The number of carbonyl (C=O) groups excluding carboxylic acids is 1. The summed E-state index contributed by atoms with van der Waals surface area (Å²) in [6.07, 6.45) is 1.32. The third-order valence-electron chi connectivity index (χ3n) is 3.35. The van der Waals surface area contributed by atoms with Crippen molar-refractivity contribution in [2.75, 3.05) is 13.1 Å². The van der Waals surface area contributed by atoms with Crippen molar-refractivity contribution < 1.29 is 9.53 Å². The summed E-state index contributed by atoms with van der Waals surface area (Å²) >= 11 is 12.2. The number of nitrogens with zero attached hydrogens (tertiary/aromatic N) is 2. The molecule has 0 N–H and O–H groups in total. The molecule has 1 fully saturated rings. The summed E-state index contributed by atoms with van der Waals surface area (Å²) in [6.45, 7) is 4.71. The maximum Gasteiger partial charge on any atom is 0.264 e. The Bertz CT molecular complexity index is 622. The van der Waals surface area contributed by atoms with E-state index in [0.29, 0.717) is 28.7 Å². The first-order valence-corrected chi connectivity index (χ1v) is 7.68. The molecule has 0 bridgehead atoms. The second-order valence-corrected chi connectivity index (χ2v) is 6.09. The van der Waals surface area contributed by atoms with Crippen molar-refractivity contribution in [1.29, 1.82) is 5.26 Å². The number of amides is 1. The fourth-order valence-corrected chi connectivity index (χ4v) is 2.96. The first-order chi connectivity index (χ1) is 10.4. The lowest BCUT2D eigenvalue weighted by Gasteiger charge is -2.35. The van der Waals surface area contributed by atoms with Gasteiger partial charge in [-0.25, -0.2) is 0 Å². The number of halogens is 2. The Labute approximate surface area is 139 Å². The zero-order valence-corrected chi connectivity index (χ0v) is 13.9. The highest BCUT2D eigenvalue weighted by Gasteiger charge is 2.28. The average molecular weight is 339 g/mol. The van der Waals surface area contributed by atoms with E-state index in [-0.39, 0.29) is 23.7 Å². The van der Waals surface area contributed by atoms with Crippen LogP contribution in [-0.2, 0) is 9.53 Å². The average Bonchev–Trinajstić information content (AvgIpc) is 2.45. The van der Waals surface area contributed by atoms with E-state index >= 15 is 0 Å². The van der Waals surface area contributed by atoms with E-state index in [1.807, 2.05) is 19.9 Å². The fourth-order valence-electron chi connectivity index (χ4n) is 2.45. The van der Waals surface area contributed by atoms with E-state index < -0.39 is 0 Å². The molecule has 0 saturated carbocycles. The van der Waals surface area contributed by atoms with E-state index in [4.69, 9.17) is 27.9 Å². The van der Waals surface area contributed by atoms with Crippen molar-refractivity contribution in [2.45, 2.75) is 26.1 Å². The van der Waals surface area contributed by atoms with Crippen molar-refractivity contribution in [1.82, 2.24) is 4.90 Å². The maximum atomic E-state index is 12.5. The van der Waals surface area contributed by atoms with Crippen LogP contribution < -0.4 is 0 Å². The van der Waals surface area contributed by atoms with Gasteiger partial charge in [-0.3, -0.25) is 4.79 Å². The molecule has 0 aromatic heterocycles. The lowest BCUT2D eigenvalue weighted by atomic mass is 10.1. The number of morpholine rings is 1. The van der Waals surface area contributed by atoms with Gasteiger partial charge in [0.25, 0.3) is 5.91 Å². The Hall–Kier alpha value is -1.54. The topological polar surface area (TPSA) is 53.3 Å². The lowest BCUT2D eigenvalue weighted by molar-refractivity contribution is -0.138. The van der Waals surface area contributed by atoms with Gasteiger partial charge < -0.3 is 9.64 Å². The van der Waals surface area contributed by atoms with Crippen molar-refractivity contribution in [2.24, 2.45) is 0 Å². The van der Waals surface area contributed by atoms with Gasteiger partial charge in [0.1, 0.15) is 11.6 Å². The number of benzene rings is 1. The van der Waals surface area contributed by atoms with Crippen LogP contribution in [0.2, 0.25) is 10.0 Å². The smallest absolute Gasteiger partial charge is 0.264 e. The molecule has 1 aromatic carbocycles. The number of rotatable bonds is 2. The molecule has 0 spiro atoms. The summed E-state index contributed by atoms with van der Waals surface area (Å²) in [5.74, 6) is -0.333. The van der Waals surface area contributed by atoms with E-state index in [2.05, 4.69) is 0 Å². The zero-order valence-electron chi connectivity index (χ0n) is 12.3. The summed E-state index contributed by atoms with van der Waals surface area (Å²) in [7, 11) is 0. The normalized spacial score (nSPS) is 22.3. The molecule has 2 unspecified atom stereocenters. The highest BCUT2D eigenvalue weighted by atomic mass is 35.5. The molecule has 1 aliphatic heterocycles. The van der Waals surface area contributed by atoms with Crippen LogP contribution in [0, 0.1) is 11.3 Å². The molecule has 6 heteroatoms. The molecule has 0 aliphatic carbocycles. The van der Waals surface area contributed by atoms with Crippen molar-refractivity contribution in [3.8, 4) is 6.07 Å². The second-order valence-electron chi connectivity index (χ2n) is 5.27. The van der Waals surface area contributed by atoms with Gasteiger partial charge in [-0.15, -0.1) is 0 Å². The summed E-state index contributed by atoms with van der Waals surface area (Å²) in [6, 6.07) is 6.98.